The molecule has 2 fully saturated rings. The largest absolute Gasteiger partial charge is 0.354 e. The van der Waals surface area contributed by atoms with Gasteiger partial charge in [-0.15, -0.1) is 0 Å². The summed E-state index contributed by atoms with van der Waals surface area (Å²) < 4.78 is 0. The van der Waals surface area contributed by atoms with Crippen molar-refractivity contribution >= 4 is 29.3 Å². The Morgan fingerprint density at radius 3 is 2.56 bits per heavy atom. The summed E-state index contributed by atoms with van der Waals surface area (Å²) in [6.07, 6.45) is 7.22. The first-order valence-corrected chi connectivity index (χ1v) is 12.7. The highest BCUT2D eigenvalue weighted by molar-refractivity contribution is 7.99. The minimum absolute atomic E-state index is 0.00558. The lowest BCUT2D eigenvalue weighted by Crippen LogP contribution is -2.53. The van der Waals surface area contributed by atoms with E-state index in [1.54, 1.807) is 24.2 Å². The zero-order valence-electron chi connectivity index (χ0n) is 19.5. The van der Waals surface area contributed by atoms with Crippen molar-refractivity contribution < 1.29 is 4.79 Å². The second-order valence-corrected chi connectivity index (χ2v) is 9.95. The van der Waals surface area contributed by atoms with Gasteiger partial charge in [0.15, 0.2) is 5.82 Å². The third-order valence-electron chi connectivity index (χ3n) is 6.49. The molecule has 1 aromatic carbocycles. The summed E-state index contributed by atoms with van der Waals surface area (Å²) in [5.41, 5.74) is 1.22. The van der Waals surface area contributed by atoms with Gasteiger partial charge in [0.2, 0.25) is 5.91 Å². The van der Waals surface area contributed by atoms with Crippen molar-refractivity contribution in [2.45, 2.75) is 29.7 Å². The minimum Gasteiger partial charge on any atom is -0.354 e. The molecular formula is C26H30N6OS. The molecule has 2 aromatic heterocycles. The van der Waals surface area contributed by atoms with Crippen LogP contribution in [0.2, 0.25) is 0 Å². The van der Waals surface area contributed by atoms with E-state index in [4.69, 9.17) is 0 Å². The van der Waals surface area contributed by atoms with Crippen LogP contribution in [0.4, 0.5) is 11.6 Å². The Kier molecular flexibility index (Phi) is 6.94. The van der Waals surface area contributed by atoms with E-state index in [9.17, 15) is 4.79 Å². The van der Waals surface area contributed by atoms with E-state index in [0.29, 0.717) is 6.54 Å². The summed E-state index contributed by atoms with van der Waals surface area (Å²) in [4.78, 5) is 34.9. The number of carbonyl (C=O) groups excluding carboxylic acids is 1. The molecule has 2 aliphatic heterocycles. The topological polar surface area (TPSA) is 65.5 Å². The summed E-state index contributed by atoms with van der Waals surface area (Å²) in [6, 6.07) is 14.4. The summed E-state index contributed by atoms with van der Waals surface area (Å²) >= 11 is 1.64. The molecule has 0 aliphatic carbocycles. The normalized spacial score (nSPS) is 18.7. The van der Waals surface area contributed by atoms with Gasteiger partial charge in [-0.1, -0.05) is 35.5 Å². The van der Waals surface area contributed by atoms with Gasteiger partial charge in [-0.25, -0.2) is 15.0 Å². The maximum atomic E-state index is 13.4. The molecule has 4 heterocycles. The second kappa shape index (κ2) is 10.4. The van der Waals surface area contributed by atoms with Crippen molar-refractivity contribution in [2.75, 3.05) is 49.1 Å². The third-order valence-corrected chi connectivity index (χ3v) is 7.46. The Bertz CT molecular complexity index is 1120. The van der Waals surface area contributed by atoms with Crippen LogP contribution in [-0.4, -0.2) is 65.0 Å². The third kappa shape index (κ3) is 5.17. The molecule has 0 saturated carbocycles. The molecule has 2 aliphatic rings. The smallest absolute Gasteiger partial charge is 0.227 e. The number of rotatable bonds is 5. The van der Waals surface area contributed by atoms with E-state index in [2.05, 4.69) is 55.9 Å². The van der Waals surface area contributed by atoms with Gasteiger partial charge < -0.3 is 14.7 Å². The van der Waals surface area contributed by atoms with Crippen LogP contribution in [0.5, 0.6) is 0 Å². The SMILES string of the molecule is Cc1cccc(Sc2nccnc2N2CCC[C@@H](C(=O)N3CCN(c4ccccn4)CC3)C2)c1. The van der Waals surface area contributed by atoms with E-state index >= 15 is 0 Å². The van der Waals surface area contributed by atoms with Crippen LogP contribution >= 0.6 is 11.8 Å². The van der Waals surface area contributed by atoms with Crippen LogP contribution in [0.15, 0.2) is 71.0 Å². The summed E-state index contributed by atoms with van der Waals surface area (Å²) in [7, 11) is 0. The van der Waals surface area contributed by atoms with Gasteiger partial charge >= 0.3 is 0 Å². The van der Waals surface area contributed by atoms with Gasteiger partial charge in [-0.05, 0) is 44.0 Å². The summed E-state index contributed by atoms with van der Waals surface area (Å²) in [6.45, 7) is 6.81. The Morgan fingerprint density at radius 1 is 0.912 bits per heavy atom. The molecule has 7 nitrogen and oxygen atoms in total. The van der Waals surface area contributed by atoms with Crippen molar-refractivity contribution in [3.05, 3.63) is 66.6 Å². The Morgan fingerprint density at radius 2 is 1.76 bits per heavy atom. The minimum atomic E-state index is -0.00558. The molecule has 0 spiro atoms. The fourth-order valence-electron chi connectivity index (χ4n) is 4.72. The lowest BCUT2D eigenvalue weighted by atomic mass is 9.96. The molecule has 176 valence electrons. The van der Waals surface area contributed by atoms with E-state index in [1.807, 2.05) is 29.3 Å². The zero-order chi connectivity index (χ0) is 23.3. The van der Waals surface area contributed by atoms with Gasteiger partial charge in [0, 0.05) is 62.8 Å². The average Bonchev–Trinajstić information content (AvgIpc) is 2.89. The van der Waals surface area contributed by atoms with E-state index in [0.717, 1.165) is 67.1 Å². The van der Waals surface area contributed by atoms with Crippen molar-refractivity contribution in [3.63, 3.8) is 0 Å². The van der Waals surface area contributed by atoms with Gasteiger partial charge in [-0.2, -0.15) is 0 Å². The maximum absolute atomic E-state index is 13.4. The number of aromatic nitrogens is 3. The monoisotopic (exact) mass is 474 g/mol. The van der Waals surface area contributed by atoms with Gasteiger partial charge in [0.1, 0.15) is 10.8 Å². The number of benzene rings is 1. The van der Waals surface area contributed by atoms with Crippen LogP contribution in [0.25, 0.3) is 0 Å². The highest BCUT2D eigenvalue weighted by Crippen LogP contribution is 2.34. The fourth-order valence-corrected chi connectivity index (χ4v) is 5.72. The average molecular weight is 475 g/mol. The number of amides is 1. The highest BCUT2D eigenvalue weighted by Gasteiger charge is 2.32. The first-order valence-electron chi connectivity index (χ1n) is 11.9. The molecule has 1 atom stereocenters. The quantitative estimate of drug-likeness (QED) is 0.556. The van der Waals surface area contributed by atoms with Gasteiger partial charge in [-0.3, -0.25) is 4.79 Å². The van der Waals surface area contributed by atoms with E-state index in [1.165, 1.54) is 5.56 Å². The maximum Gasteiger partial charge on any atom is 0.227 e. The lowest BCUT2D eigenvalue weighted by molar-refractivity contribution is -0.136. The zero-order valence-corrected chi connectivity index (χ0v) is 20.3. The predicted octanol–water partition coefficient (Wildman–Crippen LogP) is 3.90. The van der Waals surface area contributed by atoms with Crippen LogP contribution in [0.1, 0.15) is 18.4 Å². The number of pyridine rings is 1. The molecule has 0 unspecified atom stereocenters. The molecule has 0 N–H and O–H groups in total. The second-order valence-electron chi connectivity index (χ2n) is 8.89. The number of nitrogens with zero attached hydrogens (tertiary/aromatic N) is 6. The molecule has 2 saturated heterocycles. The van der Waals surface area contributed by atoms with E-state index < -0.39 is 0 Å². The van der Waals surface area contributed by atoms with Crippen LogP contribution in [-0.2, 0) is 4.79 Å². The Hall–Kier alpha value is -3.13. The first-order chi connectivity index (χ1) is 16.7. The molecule has 34 heavy (non-hydrogen) atoms. The number of hydrogen-bond acceptors (Lipinski definition) is 7. The first kappa shape index (κ1) is 22.7. The Labute approximate surface area is 205 Å². The number of aryl methyl sites for hydroxylation is 1. The van der Waals surface area contributed by atoms with Crippen molar-refractivity contribution in [3.8, 4) is 0 Å². The fraction of sp³-hybridized carbons (Fsp3) is 0.385. The van der Waals surface area contributed by atoms with Crippen LogP contribution in [0, 0.1) is 12.8 Å². The summed E-state index contributed by atoms with van der Waals surface area (Å²) in [5, 5.41) is 0.894. The van der Waals surface area contributed by atoms with Crippen LogP contribution < -0.4 is 9.80 Å². The van der Waals surface area contributed by atoms with Gasteiger partial charge in [0.25, 0.3) is 0 Å². The molecule has 5 rings (SSSR count). The van der Waals surface area contributed by atoms with Crippen molar-refractivity contribution in [1.82, 2.24) is 19.9 Å². The summed E-state index contributed by atoms with van der Waals surface area (Å²) in [5.74, 6) is 2.13. The number of piperazine rings is 1. The van der Waals surface area contributed by atoms with Crippen molar-refractivity contribution in [1.29, 1.82) is 0 Å². The number of hydrogen-bond donors (Lipinski definition) is 0. The molecule has 0 radical (unpaired) electrons. The van der Waals surface area contributed by atoms with Gasteiger partial charge in [0.05, 0.1) is 5.92 Å². The Balaban J connectivity index is 1.24. The molecule has 3 aromatic rings. The highest BCUT2D eigenvalue weighted by atomic mass is 32.2. The van der Waals surface area contributed by atoms with Crippen LogP contribution in [0.3, 0.4) is 0 Å². The number of piperidine rings is 1. The lowest BCUT2D eigenvalue weighted by Gasteiger charge is -2.39. The molecule has 8 heteroatoms. The number of carbonyl (C=O) groups is 1. The molecular weight excluding hydrogens is 444 g/mol. The molecule has 1 amide bonds. The van der Waals surface area contributed by atoms with E-state index in [-0.39, 0.29) is 11.8 Å². The number of anilines is 2. The predicted molar refractivity (Wildman–Crippen MR) is 135 cm³/mol. The molecule has 0 bridgehead atoms. The van der Waals surface area contributed by atoms with Crippen molar-refractivity contribution in [2.24, 2.45) is 5.92 Å². The standard InChI is InChI=1S/C26H30N6OS/c1-20-6-4-8-22(18-20)34-25-24(28-11-12-29-25)32-13-5-7-21(19-32)26(33)31-16-14-30(15-17-31)23-9-2-3-10-27-23/h2-4,6,8-12,18,21H,5,7,13-17,19H2,1H3/t21-/m1/s1.